The van der Waals surface area contributed by atoms with E-state index in [4.69, 9.17) is 0 Å². The molecule has 0 saturated heterocycles. The molecule has 3 nitrogen and oxygen atoms in total. The first-order chi connectivity index (χ1) is 8.97. The smallest absolute Gasteiger partial charge is 0.0499 e. The van der Waals surface area contributed by atoms with Crippen LogP contribution >= 0.6 is 0 Å². The molecule has 2 N–H and O–H groups in total. The number of nitrogens with one attached hydrogen (secondary N) is 1. The number of hydrogen-bond acceptors (Lipinski definition) is 3. The van der Waals surface area contributed by atoms with Gasteiger partial charge in [0.2, 0.25) is 0 Å². The van der Waals surface area contributed by atoms with Gasteiger partial charge in [-0.25, -0.2) is 0 Å². The van der Waals surface area contributed by atoms with E-state index in [1.807, 2.05) is 0 Å². The van der Waals surface area contributed by atoms with Crippen molar-refractivity contribution >= 4 is 0 Å². The third-order valence-electron chi connectivity index (χ3n) is 4.36. The standard InChI is InChI=1S/C16H34N2O/c1-14(2)10-15(11-18(3)4)17-12-16(13-19)8-6-5-7-9-16/h14-15,17,19H,5-13H2,1-4H3. The van der Waals surface area contributed by atoms with Crippen molar-refractivity contribution in [3.63, 3.8) is 0 Å². The lowest BCUT2D eigenvalue weighted by atomic mass is 9.74. The molecule has 1 rings (SSSR count). The van der Waals surface area contributed by atoms with Gasteiger partial charge in [0.25, 0.3) is 0 Å². The van der Waals surface area contributed by atoms with Crippen LogP contribution in [-0.2, 0) is 0 Å². The molecule has 0 amide bonds. The summed E-state index contributed by atoms with van der Waals surface area (Å²) in [4.78, 5) is 2.26. The molecule has 19 heavy (non-hydrogen) atoms. The number of aliphatic hydroxyl groups is 1. The second-order valence-corrected chi connectivity index (χ2v) is 7.19. The summed E-state index contributed by atoms with van der Waals surface area (Å²) in [6.45, 7) is 6.98. The molecule has 0 aliphatic heterocycles. The summed E-state index contributed by atoms with van der Waals surface area (Å²) in [7, 11) is 4.27. The van der Waals surface area contributed by atoms with Gasteiger partial charge in [-0.1, -0.05) is 33.1 Å². The van der Waals surface area contributed by atoms with Gasteiger partial charge in [-0.05, 0) is 39.3 Å². The molecular formula is C16H34N2O. The van der Waals surface area contributed by atoms with E-state index in [9.17, 15) is 5.11 Å². The summed E-state index contributed by atoms with van der Waals surface area (Å²) in [5.74, 6) is 0.717. The van der Waals surface area contributed by atoms with E-state index in [-0.39, 0.29) is 5.41 Å². The van der Waals surface area contributed by atoms with Crippen LogP contribution in [0.2, 0.25) is 0 Å². The Morgan fingerprint density at radius 2 is 1.79 bits per heavy atom. The summed E-state index contributed by atoms with van der Waals surface area (Å²) in [6.07, 6.45) is 7.49. The van der Waals surface area contributed by atoms with E-state index >= 15 is 0 Å². The maximum absolute atomic E-state index is 9.77. The zero-order chi connectivity index (χ0) is 14.3. The van der Waals surface area contributed by atoms with Gasteiger partial charge in [-0.2, -0.15) is 0 Å². The van der Waals surface area contributed by atoms with Gasteiger partial charge in [0.05, 0.1) is 0 Å². The van der Waals surface area contributed by atoms with E-state index in [0.29, 0.717) is 18.6 Å². The number of rotatable bonds is 8. The van der Waals surface area contributed by atoms with Crippen LogP contribution in [0.25, 0.3) is 0 Å². The maximum Gasteiger partial charge on any atom is 0.0499 e. The molecule has 1 saturated carbocycles. The van der Waals surface area contributed by atoms with Crippen LogP contribution in [0, 0.1) is 11.3 Å². The quantitative estimate of drug-likeness (QED) is 0.711. The monoisotopic (exact) mass is 270 g/mol. The molecule has 0 radical (unpaired) electrons. The van der Waals surface area contributed by atoms with Gasteiger partial charge < -0.3 is 15.3 Å². The molecule has 3 heteroatoms. The zero-order valence-electron chi connectivity index (χ0n) is 13.4. The van der Waals surface area contributed by atoms with Crippen molar-refractivity contribution in [1.29, 1.82) is 0 Å². The van der Waals surface area contributed by atoms with Gasteiger partial charge in [-0.15, -0.1) is 0 Å². The minimum absolute atomic E-state index is 0.153. The van der Waals surface area contributed by atoms with Crippen LogP contribution < -0.4 is 5.32 Å². The van der Waals surface area contributed by atoms with Crippen molar-refractivity contribution in [3.8, 4) is 0 Å². The summed E-state index contributed by atoms with van der Waals surface area (Å²) < 4.78 is 0. The van der Waals surface area contributed by atoms with Crippen LogP contribution in [0.5, 0.6) is 0 Å². The topological polar surface area (TPSA) is 35.5 Å². The van der Waals surface area contributed by atoms with Gasteiger partial charge >= 0.3 is 0 Å². The van der Waals surface area contributed by atoms with E-state index in [1.165, 1.54) is 38.5 Å². The molecule has 0 bridgehead atoms. The maximum atomic E-state index is 9.77. The van der Waals surface area contributed by atoms with E-state index < -0.39 is 0 Å². The molecular weight excluding hydrogens is 236 g/mol. The summed E-state index contributed by atoms with van der Waals surface area (Å²) in [5.41, 5.74) is 0.153. The molecule has 1 atom stereocenters. The Labute approximate surface area is 119 Å². The minimum Gasteiger partial charge on any atom is -0.396 e. The second-order valence-electron chi connectivity index (χ2n) is 7.19. The fourth-order valence-electron chi connectivity index (χ4n) is 3.29. The van der Waals surface area contributed by atoms with Crippen LogP contribution in [0.4, 0.5) is 0 Å². The Morgan fingerprint density at radius 1 is 1.16 bits per heavy atom. The van der Waals surface area contributed by atoms with Crippen molar-refractivity contribution in [1.82, 2.24) is 10.2 Å². The van der Waals surface area contributed by atoms with E-state index in [1.54, 1.807) is 0 Å². The first-order valence-corrected chi connectivity index (χ1v) is 7.96. The fraction of sp³-hybridized carbons (Fsp3) is 1.00. The SMILES string of the molecule is CC(C)CC(CN(C)C)NCC1(CO)CCCCC1. The molecule has 0 spiro atoms. The Balaban J connectivity index is 2.48. The van der Waals surface area contributed by atoms with E-state index in [2.05, 4.69) is 38.2 Å². The first kappa shape index (κ1) is 16.9. The average Bonchev–Trinajstić information content (AvgIpc) is 2.36. The molecule has 114 valence electrons. The van der Waals surface area contributed by atoms with Crippen LogP contribution in [0.15, 0.2) is 0 Å². The van der Waals surface area contributed by atoms with Crippen LogP contribution in [0.1, 0.15) is 52.4 Å². The normalized spacial score (nSPS) is 21.0. The van der Waals surface area contributed by atoms with Gasteiger partial charge in [0.15, 0.2) is 0 Å². The molecule has 1 aliphatic rings. The molecule has 0 heterocycles. The number of nitrogens with zero attached hydrogens (tertiary/aromatic N) is 1. The molecule has 0 aromatic heterocycles. The van der Waals surface area contributed by atoms with Crippen molar-refractivity contribution in [2.75, 3.05) is 33.8 Å². The molecule has 1 unspecified atom stereocenters. The Kier molecular flexibility index (Phi) is 7.33. The molecule has 0 aromatic rings. The predicted molar refractivity (Wildman–Crippen MR) is 82.4 cm³/mol. The number of aliphatic hydroxyl groups excluding tert-OH is 1. The summed E-state index contributed by atoms with van der Waals surface area (Å²) in [6, 6.07) is 0.542. The Morgan fingerprint density at radius 3 is 2.26 bits per heavy atom. The van der Waals surface area contributed by atoms with Crippen molar-refractivity contribution in [2.45, 2.75) is 58.4 Å². The third-order valence-corrected chi connectivity index (χ3v) is 4.36. The second kappa shape index (κ2) is 8.23. The van der Waals surface area contributed by atoms with Gasteiger partial charge in [0.1, 0.15) is 0 Å². The lowest BCUT2D eigenvalue weighted by Crippen LogP contribution is -2.46. The third kappa shape index (κ3) is 6.24. The Hall–Kier alpha value is -0.120. The van der Waals surface area contributed by atoms with Crippen LogP contribution in [0.3, 0.4) is 0 Å². The van der Waals surface area contributed by atoms with Crippen molar-refractivity contribution in [3.05, 3.63) is 0 Å². The molecule has 1 fully saturated rings. The predicted octanol–water partition coefficient (Wildman–Crippen LogP) is 2.50. The number of hydrogen-bond donors (Lipinski definition) is 2. The number of likely N-dealkylation sites (N-methyl/N-ethyl adjacent to an activating group) is 1. The highest BCUT2D eigenvalue weighted by Crippen LogP contribution is 2.35. The fourth-order valence-corrected chi connectivity index (χ4v) is 3.29. The molecule has 1 aliphatic carbocycles. The molecule has 0 aromatic carbocycles. The van der Waals surface area contributed by atoms with Crippen molar-refractivity contribution in [2.24, 2.45) is 11.3 Å². The largest absolute Gasteiger partial charge is 0.396 e. The van der Waals surface area contributed by atoms with Gasteiger partial charge in [0, 0.05) is 31.2 Å². The highest BCUT2D eigenvalue weighted by atomic mass is 16.3. The lowest BCUT2D eigenvalue weighted by molar-refractivity contribution is 0.0760. The lowest BCUT2D eigenvalue weighted by Gasteiger charge is -2.37. The summed E-state index contributed by atoms with van der Waals surface area (Å²) >= 11 is 0. The van der Waals surface area contributed by atoms with E-state index in [0.717, 1.165) is 13.1 Å². The first-order valence-electron chi connectivity index (χ1n) is 7.96. The highest BCUT2D eigenvalue weighted by Gasteiger charge is 2.31. The average molecular weight is 270 g/mol. The zero-order valence-corrected chi connectivity index (χ0v) is 13.4. The summed E-state index contributed by atoms with van der Waals surface area (Å²) in [5, 5.41) is 13.5. The Bertz CT molecular complexity index is 225. The highest BCUT2D eigenvalue weighted by molar-refractivity contribution is 4.86. The van der Waals surface area contributed by atoms with Gasteiger partial charge in [-0.3, -0.25) is 0 Å². The minimum atomic E-state index is 0.153. The van der Waals surface area contributed by atoms with Crippen LogP contribution in [-0.4, -0.2) is 49.8 Å². The van der Waals surface area contributed by atoms with Crippen molar-refractivity contribution < 1.29 is 5.11 Å².